The Balaban J connectivity index is 1.34. The van der Waals surface area contributed by atoms with Gasteiger partial charge in [-0.2, -0.15) is 0 Å². The first-order chi connectivity index (χ1) is 26.3. The lowest BCUT2D eigenvalue weighted by Gasteiger charge is -2.37. The molecule has 9 nitrogen and oxygen atoms in total. The van der Waals surface area contributed by atoms with Crippen LogP contribution in [0.25, 0.3) is 22.0 Å². The van der Waals surface area contributed by atoms with Gasteiger partial charge < -0.3 is 33.3 Å². The zero-order chi connectivity index (χ0) is 39.3. The summed E-state index contributed by atoms with van der Waals surface area (Å²) in [5.41, 5.74) is 9.68. The van der Waals surface area contributed by atoms with E-state index in [1.807, 2.05) is 74.5 Å². The molecular weight excluding hydrogens is 737 g/mol. The molecule has 0 spiro atoms. The number of halogens is 2. The van der Waals surface area contributed by atoms with Crippen LogP contribution >= 0.6 is 23.2 Å². The number of carbonyl (C=O) groups excluding carboxylic acids is 2. The van der Waals surface area contributed by atoms with E-state index in [9.17, 15) is 4.79 Å². The van der Waals surface area contributed by atoms with Gasteiger partial charge in [0.05, 0.1) is 35.9 Å². The van der Waals surface area contributed by atoms with E-state index in [4.69, 9.17) is 42.1 Å². The second kappa shape index (κ2) is 15.4. The van der Waals surface area contributed by atoms with Crippen molar-refractivity contribution in [3.63, 3.8) is 0 Å². The molecule has 3 aromatic carbocycles. The van der Waals surface area contributed by atoms with Gasteiger partial charge in [-0.05, 0) is 117 Å². The second-order valence-corrected chi connectivity index (χ2v) is 15.6. The van der Waals surface area contributed by atoms with Gasteiger partial charge in [0.15, 0.2) is 6.79 Å². The predicted octanol–water partition coefficient (Wildman–Crippen LogP) is 9.30. The molecule has 1 aromatic heterocycles. The minimum atomic E-state index is -0.399. The minimum Gasteiger partial charge on any atom is -0.494 e. The number of benzene rings is 3. The van der Waals surface area contributed by atoms with Crippen LogP contribution in [0.15, 0.2) is 72.1 Å². The SMILES string of the molecule is COCOc1cc(C)c(-c2c(Cl)ccc3c(CCCOc4cc(C)c(Cl)c(C)c4)c4n(c23)C(C)CN(C2=CN(C)C3C=CC(C(=O)OC)=CC23)C4=O)c(C)c1. The molecule has 288 valence electrons. The Kier molecular flexibility index (Phi) is 10.8. The standard InChI is InChI=1S/C44H47Cl2N3O6/c1-24-16-31(55-23-52-7)17-25(2)38(24)39-35(45)13-12-33-32(10-9-15-54-30-18-26(3)40(46)27(4)19-30)42-43(50)48(21-28(5)49(42)41(33)39)37-22-47(6)36-14-11-29(20-34(36)37)44(51)53-8/h11-14,16-20,22,28,34,36H,9-10,15,21,23H2,1-8H3. The van der Waals surface area contributed by atoms with E-state index in [0.717, 1.165) is 66.3 Å². The van der Waals surface area contributed by atoms with Crippen molar-refractivity contribution < 1.29 is 28.5 Å². The Hall–Kier alpha value is -4.70. The van der Waals surface area contributed by atoms with Crippen molar-refractivity contribution in [2.75, 3.05) is 41.2 Å². The van der Waals surface area contributed by atoms with Crippen LogP contribution in [0.4, 0.5) is 0 Å². The van der Waals surface area contributed by atoms with Crippen molar-refractivity contribution in [2.24, 2.45) is 5.92 Å². The van der Waals surface area contributed by atoms with Gasteiger partial charge in [0, 0.05) is 60.5 Å². The molecule has 2 aliphatic heterocycles. The highest BCUT2D eigenvalue weighted by molar-refractivity contribution is 6.35. The van der Waals surface area contributed by atoms with E-state index in [0.29, 0.717) is 48.0 Å². The molecule has 3 atom stereocenters. The fraction of sp³-hybridized carbons (Fsp3) is 0.364. The number of esters is 1. The first-order valence-corrected chi connectivity index (χ1v) is 19.3. The Morgan fingerprint density at radius 1 is 0.927 bits per heavy atom. The van der Waals surface area contributed by atoms with Crippen LogP contribution in [0, 0.1) is 33.6 Å². The summed E-state index contributed by atoms with van der Waals surface area (Å²) in [4.78, 5) is 31.8. The second-order valence-electron chi connectivity index (χ2n) is 14.8. The predicted molar refractivity (Wildman–Crippen MR) is 217 cm³/mol. The van der Waals surface area contributed by atoms with Crippen molar-refractivity contribution in [1.29, 1.82) is 0 Å². The molecule has 3 unspecified atom stereocenters. The third-order valence-electron chi connectivity index (χ3n) is 11.0. The number of hydrogen-bond donors (Lipinski definition) is 0. The maximum atomic E-state index is 15.2. The lowest BCUT2D eigenvalue weighted by atomic mass is 9.89. The van der Waals surface area contributed by atoms with Gasteiger partial charge in [0.1, 0.15) is 17.2 Å². The first-order valence-electron chi connectivity index (χ1n) is 18.6. The fourth-order valence-corrected chi connectivity index (χ4v) is 8.90. The van der Waals surface area contributed by atoms with Crippen molar-refractivity contribution in [2.45, 2.75) is 59.5 Å². The van der Waals surface area contributed by atoms with Crippen molar-refractivity contribution in [3.8, 4) is 22.6 Å². The summed E-state index contributed by atoms with van der Waals surface area (Å²) in [6.45, 7) is 11.2. The van der Waals surface area contributed by atoms with Gasteiger partial charge in [-0.3, -0.25) is 4.79 Å². The van der Waals surface area contributed by atoms with Gasteiger partial charge in [-0.1, -0.05) is 41.4 Å². The number of amides is 1. The number of rotatable bonds is 11. The number of likely N-dealkylation sites (N-methyl/N-ethyl adjacent to an activating group) is 1. The molecule has 4 aromatic rings. The normalized spacial score (nSPS) is 19.0. The van der Waals surface area contributed by atoms with Crippen LogP contribution < -0.4 is 9.47 Å². The molecule has 0 N–H and O–H groups in total. The third-order valence-corrected chi connectivity index (χ3v) is 11.9. The van der Waals surface area contributed by atoms with E-state index in [2.05, 4.69) is 36.3 Å². The lowest BCUT2D eigenvalue weighted by molar-refractivity contribution is -0.135. The quantitative estimate of drug-likeness (QED) is 0.0852. The van der Waals surface area contributed by atoms with Crippen LogP contribution in [-0.2, 0) is 20.7 Å². The molecule has 0 fully saturated rings. The number of methoxy groups -OCH3 is 2. The molecule has 1 aliphatic carbocycles. The zero-order valence-electron chi connectivity index (χ0n) is 32.6. The summed E-state index contributed by atoms with van der Waals surface area (Å²) in [6.07, 6.45) is 9.04. The van der Waals surface area contributed by atoms with Crippen LogP contribution in [0.1, 0.15) is 57.7 Å². The Morgan fingerprint density at radius 2 is 1.60 bits per heavy atom. The third kappa shape index (κ3) is 6.91. The van der Waals surface area contributed by atoms with Crippen LogP contribution in [0.5, 0.6) is 11.5 Å². The van der Waals surface area contributed by atoms with Gasteiger partial charge in [0.25, 0.3) is 5.91 Å². The summed E-state index contributed by atoms with van der Waals surface area (Å²) < 4.78 is 24.5. The zero-order valence-corrected chi connectivity index (χ0v) is 34.1. The van der Waals surface area contributed by atoms with Gasteiger partial charge >= 0.3 is 5.97 Å². The highest BCUT2D eigenvalue weighted by atomic mass is 35.5. The molecule has 7 rings (SSSR count). The summed E-state index contributed by atoms with van der Waals surface area (Å²) in [6, 6.07) is 11.8. The largest absolute Gasteiger partial charge is 0.494 e. The van der Waals surface area contributed by atoms with Crippen LogP contribution in [0.3, 0.4) is 0 Å². The summed E-state index contributed by atoms with van der Waals surface area (Å²) >= 11 is 13.6. The number of aromatic nitrogens is 1. The van der Waals surface area contributed by atoms with Crippen LogP contribution in [-0.4, -0.2) is 73.5 Å². The molecule has 55 heavy (non-hydrogen) atoms. The smallest absolute Gasteiger partial charge is 0.337 e. The maximum Gasteiger partial charge on any atom is 0.337 e. The average molecular weight is 785 g/mol. The fourth-order valence-electron chi connectivity index (χ4n) is 8.55. The number of carbonyl (C=O) groups is 2. The van der Waals surface area contributed by atoms with E-state index >= 15 is 4.79 Å². The number of hydrogen-bond acceptors (Lipinski definition) is 7. The molecule has 0 saturated carbocycles. The Labute approximate surface area is 332 Å². The van der Waals surface area contributed by atoms with Gasteiger partial charge in [-0.25, -0.2) is 4.79 Å². The molecule has 0 radical (unpaired) electrons. The highest BCUT2D eigenvalue weighted by Gasteiger charge is 2.43. The van der Waals surface area contributed by atoms with Gasteiger partial charge in [0.2, 0.25) is 0 Å². The van der Waals surface area contributed by atoms with E-state index in [1.165, 1.54) is 7.11 Å². The van der Waals surface area contributed by atoms with Crippen LogP contribution in [0.2, 0.25) is 10.0 Å². The number of fused-ring (bicyclic) bond motifs is 4. The monoisotopic (exact) mass is 783 g/mol. The molecular formula is C44H47Cl2N3O6. The van der Waals surface area contributed by atoms with Crippen molar-refractivity contribution in [3.05, 3.63) is 116 Å². The number of ether oxygens (including phenoxy) is 4. The topological polar surface area (TPSA) is 82.5 Å². The molecule has 0 bridgehead atoms. The van der Waals surface area contributed by atoms with E-state index < -0.39 is 5.97 Å². The summed E-state index contributed by atoms with van der Waals surface area (Å²) in [7, 11) is 4.98. The summed E-state index contributed by atoms with van der Waals surface area (Å²) in [5, 5.41) is 2.33. The number of aryl methyl sites for hydroxylation is 5. The maximum absolute atomic E-state index is 15.2. The van der Waals surface area contributed by atoms with E-state index in [-0.39, 0.29) is 30.7 Å². The van der Waals surface area contributed by atoms with Crippen molar-refractivity contribution >= 4 is 46.0 Å². The summed E-state index contributed by atoms with van der Waals surface area (Å²) in [5.74, 6) is 0.792. The average Bonchev–Trinajstić information content (AvgIpc) is 3.67. The Morgan fingerprint density at radius 3 is 2.27 bits per heavy atom. The van der Waals surface area contributed by atoms with Gasteiger partial charge in [-0.15, -0.1) is 0 Å². The molecule has 11 heteroatoms. The Bertz CT molecular complexity index is 2260. The first kappa shape index (κ1) is 38.6. The molecule has 1 amide bonds. The van der Waals surface area contributed by atoms with E-state index in [1.54, 1.807) is 13.2 Å². The molecule has 3 heterocycles. The van der Waals surface area contributed by atoms with Crippen molar-refractivity contribution in [1.82, 2.24) is 14.4 Å². The molecule has 3 aliphatic rings. The number of nitrogens with zero attached hydrogens (tertiary/aromatic N) is 3. The lowest BCUT2D eigenvalue weighted by Crippen LogP contribution is -2.43. The highest BCUT2D eigenvalue weighted by Crippen LogP contribution is 2.47. The minimum absolute atomic E-state index is 0.0248. The molecule has 0 saturated heterocycles.